The van der Waals surface area contributed by atoms with Crippen molar-refractivity contribution in [1.82, 2.24) is 9.55 Å². The smallest absolute Gasteiger partial charge is 0.111 e. The van der Waals surface area contributed by atoms with E-state index < -0.39 is 0 Å². The topological polar surface area (TPSA) is 38.0 Å². The SMILES string of the molecule is CCn1ccnc1C1CCC(O)C1. The Kier molecular flexibility index (Phi) is 2.36. The molecule has 0 aliphatic heterocycles. The van der Waals surface area contributed by atoms with Crippen LogP contribution >= 0.6 is 0 Å². The highest BCUT2D eigenvalue weighted by Gasteiger charge is 2.26. The van der Waals surface area contributed by atoms with Crippen LogP contribution in [0.2, 0.25) is 0 Å². The number of imidazole rings is 1. The van der Waals surface area contributed by atoms with Crippen molar-refractivity contribution in [3.8, 4) is 0 Å². The first kappa shape index (κ1) is 8.75. The number of nitrogens with zero attached hydrogens (tertiary/aromatic N) is 2. The molecule has 0 spiro atoms. The maximum absolute atomic E-state index is 9.42. The van der Waals surface area contributed by atoms with Gasteiger partial charge in [0.15, 0.2) is 0 Å². The van der Waals surface area contributed by atoms with Gasteiger partial charge < -0.3 is 9.67 Å². The summed E-state index contributed by atoms with van der Waals surface area (Å²) in [4.78, 5) is 4.36. The van der Waals surface area contributed by atoms with E-state index in [1.54, 1.807) is 0 Å². The third-order valence-corrected chi connectivity index (χ3v) is 2.86. The van der Waals surface area contributed by atoms with Crippen molar-refractivity contribution in [2.75, 3.05) is 0 Å². The zero-order chi connectivity index (χ0) is 9.26. The predicted molar refractivity (Wildman–Crippen MR) is 50.5 cm³/mol. The molecular formula is C10H16N2O. The van der Waals surface area contributed by atoms with E-state index in [1.807, 2.05) is 12.4 Å². The summed E-state index contributed by atoms with van der Waals surface area (Å²) in [6, 6.07) is 0. The van der Waals surface area contributed by atoms with E-state index >= 15 is 0 Å². The van der Waals surface area contributed by atoms with Gasteiger partial charge in [0.05, 0.1) is 6.10 Å². The minimum Gasteiger partial charge on any atom is -0.393 e. The van der Waals surface area contributed by atoms with E-state index in [0.29, 0.717) is 5.92 Å². The van der Waals surface area contributed by atoms with Crippen molar-refractivity contribution >= 4 is 0 Å². The molecule has 0 saturated heterocycles. The average Bonchev–Trinajstić information content (AvgIpc) is 2.71. The molecule has 2 rings (SSSR count). The van der Waals surface area contributed by atoms with Crippen molar-refractivity contribution in [2.45, 2.75) is 44.8 Å². The molecule has 1 aromatic rings. The Morgan fingerprint density at radius 1 is 1.62 bits per heavy atom. The van der Waals surface area contributed by atoms with Gasteiger partial charge in [-0.2, -0.15) is 0 Å². The lowest BCUT2D eigenvalue weighted by Crippen LogP contribution is -2.06. The molecule has 3 heteroatoms. The van der Waals surface area contributed by atoms with Crippen LogP contribution in [-0.2, 0) is 6.54 Å². The molecule has 1 saturated carbocycles. The maximum Gasteiger partial charge on any atom is 0.111 e. The number of aliphatic hydroxyl groups excluding tert-OH is 1. The summed E-state index contributed by atoms with van der Waals surface area (Å²) in [5.74, 6) is 1.63. The molecule has 1 fully saturated rings. The minimum atomic E-state index is -0.105. The van der Waals surface area contributed by atoms with Gasteiger partial charge in [-0.1, -0.05) is 0 Å². The number of hydrogen-bond donors (Lipinski definition) is 1. The standard InChI is InChI=1S/C10H16N2O/c1-2-12-6-5-11-10(12)8-3-4-9(13)7-8/h5-6,8-9,13H,2-4,7H2,1H3. The minimum absolute atomic E-state index is 0.105. The van der Waals surface area contributed by atoms with Gasteiger partial charge in [0.1, 0.15) is 5.82 Å². The highest BCUT2D eigenvalue weighted by molar-refractivity contribution is 5.03. The molecule has 1 aromatic heterocycles. The van der Waals surface area contributed by atoms with Crippen LogP contribution in [-0.4, -0.2) is 20.8 Å². The number of rotatable bonds is 2. The highest BCUT2D eigenvalue weighted by atomic mass is 16.3. The van der Waals surface area contributed by atoms with Gasteiger partial charge in [0.2, 0.25) is 0 Å². The number of aliphatic hydroxyl groups is 1. The van der Waals surface area contributed by atoms with Crippen LogP contribution in [0.25, 0.3) is 0 Å². The summed E-state index contributed by atoms with van der Waals surface area (Å²) in [6.45, 7) is 3.10. The molecule has 0 radical (unpaired) electrons. The molecule has 13 heavy (non-hydrogen) atoms. The second-order valence-corrected chi connectivity index (χ2v) is 3.74. The van der Waals surface area contributed by atoms with E-state index in [-0.39, 0.29) is 6.10 Å². The zero-order valence-electron chi connectivity index (χ0n) is 7.98. The summed E-state index contributed by atoms with van der Waals surface area (Å²) in [7, 11) is 0. The van der Waals surface area contributed by atoms with E-state index in [9.17, 15) is 5.11 Å². The van der Waals surface area contributed by atoms with Gasteiger partial charge in [-0.15, -0.1) is 0 Å². The van der Waals surface area contributed by atoms with Gasteiger partial charge in [-0.25, -0.2) is 4.98 Å². The quantitative estimate of drug-likeness (QED) is 0.749. The number of aryl methyl sites for hydroxylation is 1. The van der Waals surface area contributed by atoms with Crippen molar-refractivity contribution in [2.24, 2.45) is 0 Å². The summed E-state index contributed by atoms with van der Waals surface area (Å²) in [6.07, 6.45) is 6.66. The summed E-state index contributed by atoms with van der Waals surface area (Å²) >= 11 is 0. The average molecular weight is 180 g/mol. The van der Waals surface area contributed by atoms with Crippen LogP contribution in [0.3, 0.4) is 0 Å². The second kappa shape index (κ2) is 3.50. The predicted octanol–water partition coefficient (Wildman–Crippen LogP) is 1.53. The van der Waals surface area contributed by atoms with E-state index in [2.05, 4.69) is 16.5 Å². The van der Waals surface area contributed by atoms with Crippen molar-refractivity contribution in [3.63, 3.8) is 0 Å². The van der Waals surface area contributed by atoms with Crippen LogP contribution in [0.15, 0.2) is 12.4 Å². The molecule has 1 aliphatic carbocycles. The Morgan fingerprint density at radius 2 is 2.46 bits per heavy atom. The van der Waals surface area contributed by atoms with E-state index in [4.69, 9.17) is 0 Å². The molecule has 2 atom stereocenters. The third-order valence-electron chi connectivity index (χ3n) is 2.86. The second-order valence-electron chi connectivity index (χ2n) is 3.74. The monoisotopic (exact) mass is 180 g/mol. The van der Waals surface area contributed by atoms with Gasteiger partial charge in [-0.05, 0) is 26.2 Å². The van der Waals surface area contributed by atoms with Crippen LogP contribution < -0.4 is 0 Å². The fraction of sp³-hybridized carbons (Fsp3) is 0.700. The fourth-order valence-electron chi connectivity index (χ4n) is 2.14. The molecule has 0 amide bonds. The lowest BCUT2D eigenvalue weighted by atomic mass is 10.1. The normalized spacial score (nSPS) is 28.2. The molecule has 72 valence electrons. The Balaban J connectivity index is 2.16. The Bertz CT molecular complexity index is 282. The lowest BCUT2D eigenvalue weighted by Gasteiger charge is -2.10. The van der Waals surface area contributed by atoms with Crippen molar-refractivity contribution in [3.05, 3.63) is 18.2 Å². The number of hydrogen-bond acceptors (Lipinski definition) is 2. The molecule has 0 aromatic carbocycles. The molecule has 1 heterocycles. The molecule has 3 nitrogen and oxygen atoms in total. The van der Waals surface area contributed by atoms with Crippen molar-refractivity contribution < 1.29 is 5.11 Å². The van der Waals surface area contributed by atoms with Gasteiger partial charge in [0.25, 0.3) is 0 Å². The van der Waals surface area contributed by atoms with Crippen LogP contribution in [0, 0.1) is 0 Å². The molecule has 2 unspecified atom stereocenters. The zero-order valence-corrected chi connectivity index (χ0v) is 7.98. The summed E-state index contributed by atoms with van der Waals surface area (Å²) in [5.41, 5.74) is 0. The largest absolute Gasteiger partial charge is 0.393 e. The van der Waals surface area contributed by atoms with E-state index in [0.717, 1.165) is 31.6 Å². The molecule has 1 aliphatic rings. The molecule has 1 N–H and O–H groups in total. The molecular weight excluding hydrogens is 164 g/mol. The summed E-state index contributed by atoms with van der Waals surface area (Å²) < 4.78 is 2.17. The first-order valence-corrected chi connectivity index (χ1v) is 5.00. The van der Waals surface area contributed by atoms with Gasteiger partial charge in [-0.3, -0.25) is 0 Å². The fourth-order valence-corrected chi connectivity index (χ4v) is 2.14. The Labute approximate surface area is 78.4 Å². The lowest BCUT2D eigenvalue weighted by molar-refractivity contribution is 0.181. The van der Waals surface area contributed by atoms with E-state index in [1.165, 1.54) is 0 Å². The first-order chi connectivity index (χ1) is 6.31. The van der Waals surface area contributed by atoms with Crippen molar-refractivity contribution in [1.29, 1.82) is 0 Å². The Hall–Kier alpha value is -0.830. The number of aromatic nitrogens is 2. The summed E-state index contributed by atoms with van der Waals surface area (Å²) in [5, 5.41) is 9.42. The highest BCUT2D eigenvalue weighted by Crippen LogP contribution is 2.33. The Morgan fingerprint density at radius 3 is 3.08 bits per heavy atom. The van der Waals surface area contributed by atoms with Gasteiger partial charge in [0, 0.05) is 24.9 Å². The van der Waals surface area contributed by atoms with Crippen LogP contribution in [0.4, 0.5) is 0 Å². The van der Waals surface area contributed by atoms with Crippen LogP contribution in [0.1, 0.15) is 37.9 Å². The first-order valence-electron chi connectivity index (χ1n) is 5.00. The third kappa shape index (κ3) is 1.61. The van der Waals surface area contributed by atoms with Crippen LogP contribution in [0.5, 0.6) is 0 Å². The maximum atomic E-state index is 9.42. The molecule has 0 bridgehead atoms. The van der Waals surface area contributed by atoms with Gasteiger partial charge >= 0.3 is 0 Å².